The standard InChI is InChI=1S/C13H25N3O/c1-12(2,3)16-8-9-6-10(16)7-15(9)11(17)13(4,5)14/h9-10H,6-8,14H2,1-5H3. The molecule has 0 aromatic heterocycles. The van der Waals surface area contributed by atoms with Gasteiger partial charge < -0.3 is 10.6 Å². The summed E-state index contributed by atoms with van der Waals surface area (Å²) in [5, 5.41) is 0. The van der Waals surface area contributed by atoms with Gasteiger partial charge in [-0.1, -0.05) is 0 Å². The van der Waals surface area contributed by atoms with E-state index < -0.39 is 5.54 Å². The van der Waals surface area contributed by atoms with Gasteiger partial charge in [-0.3, -0.25) is 9.69 Å². The van der Waals surface area contributed by atoms with Crippen molar-refractivity contribution in [3.63, 3.8) is 0 Å². The molecule has 2 saturated heterocycles. The zero-order valence-electron chi connectivity index (χ0n) is 11.7. The molecule has 2 atom stereocenters. The van der Waals surface area contributed by atoms with Crippen LogP contribution in [0.5, 0.6) is 0 Å². The number of amides is 1. The summed E-state index contributed by atoms with van der Waals surface area (Å²) in [5.74, 6) is 0.0959. The molecule has 2 N–H and O–H groups in total. The first-order valence-corrected chi connectivity index (χ1v) is 6.47. The van der Waals surface area contributed by atoms with E-state index in [-0.39, 0.29) is 11.4 Å². The number of carbonyl (C=O) groups is 1. The van der Waals surface area contributed by atoms with Crippen molar-refractivity contribution in [1.29, 1.82) is 0 Å². The maximum atomic E-state index is 12.2. The Bertz CT molecular complexity index is 327. The number of nitrogens with zero attached hydrogens (tertiary/aromatic N) is 2. The second kappa shape index (κ2) is 3.69. The van der Waals surface area contributed by atoms with E-state index in [4.69, 9.17) is 5.73 Å². The van der Waals surface area contributed by atoms with Crippen LogP contribution >= 0.6 is 0 Å². The highest BCUT2D eigenvalue weighted by atomic mass is 16.2. The molecule has 0 aromatic carbocycles. The summed E-state index contributed by atoms with van der Waals surface area (Å²) in [6.45, 7) is 12.2. The maximum Gasteiger partial charge on any atom is 0.242 e. The molecule has 4 nitrogen and oxygen atoms in total. The molecule has 2 fully saturated rings. The van der Waals surface area contributed by atoms with Gasteiger partial charge in [0.15, 0.2) is 0 Å². The molecular weight excluding hydrogens is 214 g/mol. The van der Waals surface area contributed by atoms with Crippen LogP contribution in [0.25, 0.3) is 0 Å². The normalized spacial score (nSPS) is 30.1. The number of hydrogen-bond donors (Lipinski definition) is 1. The fourth-order valence-electron chi connectivity index (χ4n) is 3.11. The van der Waals surface area contributed by atoms with Crippen molar-refractivity contribution in [2.24, 2.45) is 5.73 Å². The van der Waals surface area contributed by atoms with Crippen LogP contribution in [0.1, 0.15) is 41.0 Å². The largest absolute Gasteiger partial charge is 0.335 e. The molecule has 0 spiro atoms. The number of fused-ring (bicyclic) bond motifs is 2. The summed E-state index contributed by atoms with van der Waals surface area (Å²) in [6, 6.07) is 0.890. The topological polar surface area (TPSA) is 49.6 Å². The van der Waals surface area contributed by atoms with Crippen LogP contribution in [0.4, 0.5) is 0 Å². The number of piperazine rings is 1. The molecule has 0 saturated carbocycles. The van der Waals surface area contributed by atoms with E-state index in [0.29, 0.717) is 12.1 Å². The Morgan fingerprint density at radius 2 is 1.71 bits per heavy atom. The number of nitrogens with two attached hydrogens (primary N) is 1. The minimum atomic E-state index is -0.739. The average molecular weight is 239 g/mol. The molecule has 2 unspecified atom stereocenters. The van der Waals surface area contributed by atoms with Crippen molar-refractivity contribution in [3.8, 4) is 0 Å². The van der Waals surface area contributed by atoms with Crippen molar-refractivity contribution in [2.45, 2.75) is 64.2 Å². The van der Waals surface area contributed by atoms with Gasteiger partial charge in [0.05, 0.1) is 5.54 Å². The smallest absolute Gasteiger partial charge is 0.242 e. The van der Waals surface area contributed by atoms with Crippen molar-refractivity contribution >= 4 is 5.91 Å². The Morgan fingerprint density at radius 1 is 1.12 bits per heavy atom. The molecule has 98 valence electrons. The van der Waals surface area contributed by atoms with Crippen LogP contribution in [0.2, 0.25) is 0 Å². The van der Waals surface area contributed by atoms with Gasteiger partial charge in [0.2, 0.25) is 5.91 Å². The number of rotatable bonds is 1. The predicted octanol–water partition coefficient (Wildman–Crippen LogP) is 0.807. The fourth-order valence-corrected chi connectivity index (χ4v) is 3.11. The molecule has 0 aliphatic carbocycles. The molecule has 0 radical (unpaired) electrons. The second-order valence-corrected chi connectivity index (χ2v) is 7.05. The van der Waals surface area contributed by atoms with E-state index in [9.17, 15) is 4.79 Å². The molecule has 2 bridgehead atoms. The molecule has 17 heavy (non-hydrogen) atoms. The van der Waals surface area contributed by atoms with Gasteiger partial charge in [-0.05, 0) is 41.0 Å². The summed E-state index contributed by atoms with van der Waals surface area (Å²) in [4.78, 5) is 16.7. The van der Waals surface area contributed by atoms with Gasteiger partial charge in [-0.25, -0.2) is 0 Å². The molecule has 2 heterocycles. The molecule has 0 aromatic rings. The number of carbonyl (C=O) groups excluding carboxylic acids is 1. The van der Waals surface area contributed by atoms with Crippen molar-refractivity contribution in [1.82, 2.24) is 9.80 Å². The van der Waals surface area contributed by atoms with E-state index in [2.05, 4.69) is 25.7 Å². The van der Waals surface area contributed by atoms with Gasteiger partial charge in [0, 0.05) is 30.7 Å². The van der Waals surface area contributed by atoms with E-state index in [1.54, 1.807) is 13.8 Å². The quantitative estimate of drug-likeness (QED) is 0.736. The Balaban J connectivity index is 2.06. The van der Waals surface area contributed by atoms with Crippen LogP contribution in [0.3, 0.4) is 0 Å². The molecule has 2 rings (SSSR count). The molecule has 4 heteroatoms. The highest BCUT2D eigenvalue weighted by Gasteiger charge is 2.49. The van der Waals surface area contributed by atoms with E-state index in [1.165, 1.54) is 0 Å². The van der Waals surface area contributed by atoms with Crippen LogP contribution in [0, 0.1) is 0 Å². The van der Waals surface area contributed by atoms with Gasteiger partial charge in [0.25, 0.3) is 0 Å². The summed E-state index contributed by atoms with van der Waals surface area (Å²) >= 11 is 0. The first kappa shape index (κ1) is 12.8. The van der Waals surface area contributed by atoms with Crippen LogP contribution in [-0.2, 0) is 4.79 Å². The van der Waals surface area contributed by atoms with E-state index in [0.717, 1.165) is 19.5 Å². The predicted molar refractivity (Wildman–Crippen MR) is 68.6 cm³/mol. The van der Waals surface area contributed by atoms with Crippen molar-refractivity contribution in [3.05, 3.63) is 0 Å². The van der Waals surface area contributed by atoms with Crippen LogP contribution in [-0.4, -0.2) is 52.0 Å². The first-order valence-electron chi connectivity index (χ1n) is 6.47. The van der Waals surface area contributed by atoms with Crippen molar-refractivity contribution < 1.29 is 4.79 Å². The van der Waals surface area contributed by atoms with Gasteiger partial charge in [0.1, 0.15) is 0 Å². The Labute approximate surface area is 104 Å². The lowest BCUT2D eigenvalue weighted by molar-refractivity contribution is -0.138. The van der Waals surface area contributed by atoms with Crippen molar-refractivity contribution in [2.75, 3.05) is 13.1 Å². The Kier molecular flexibility index (Phi) is 2.79. The van der Waals surface area contributed by atoms with Gasteiger partial charge >= 0.3 is 0 Å². The minimum Gasteiger partial charge on any atom is -0.335 e. The average Bonchev–Trinajstić information content (AvgIpc) is 2.71. The second-order valence-electron chi connectivity index (χ2n) is 7.05. The third-order valence-electron chi connectivity index (χ3n) is 3.91. The third-order valence-corrected chi connectivity index (χ3v) is 3.91. The monoisotopic (exact) mass is 239 g/mol. The van der Waals surface area contributed by atoms with Gasteiger partial charge in [-0.2, -0.15) is 0 Å². The highest BCUT2D eigenvalue weighted by Crippen LogP contribution is 2.36. The summed E-state index contributed by atoms with van der Waals surface area (Å²) in [5.41, 5.74) is 5.37. The lowest BCUT2D eigenvalue weighted by Crippen LogP contribution is -2.59. The highest BCUT2D eigenvalue weighted by molar-refractivity contribution is 5.86. The number of likely N-dealkylation sites (tertiary alicyclic amines) is 2. The molecule has 1 amide bonds. The summed E-state index contributed by atoms with van der Waals surface area (Å²) < 4.78 is 0. The van der Waals surface area contributed by atoms with Gasteiger partial charge in [-0.15, -0.1) is 0 Å². The SMILES string of the molecule is CC(C)(N)C(=O)N1CC2CC1CN2C(C)(C)C. The van der Waals surface area contributed by atoms with E-state index >= 15 is 0 Å². The molecule has 2 aliphatic rings. The fraction of sp³-hybridized carbons (Fsp3) is 0.923. The first-order chi connectivity index (χ1) is 7.60. The lowest BCUT2D eigenvalue weighted by Gasteiger charge is -2.43. The summed E-state index contributed by atoms with van der Waals surface area (Å²) in [7, 11) is 0. The number of hydrogen-bond acceptors (Lipinski definition) is 3. The van der Waals surface area contributed by atoms with Crippen LogP contribution in [0.15, 0.2) is 0 Å². The lowest BCUT2D eigenvalue weighted by atomic mass is 10.0. The molecule has 2 aliphatic heterocycles. The molecular formula is C13H25N3O. The maximum absolute atomic E-state index is 12.2. The third kappa shape index (κ3) is 2.20. The zero-order valence-corrected chi connectivity index (χ0v) is 11.7. The van der Waals surface area contributed by atoms with Crippen LogP contribution < -0.4 is 5.73 Å². The van der Waals surface area contributed by atoms with E-state index in [1.807, 2.05) is 4.90 Å². The Morgan fingerprint density at radius 3 is 2.06 bits per heavy atom. The minimum absolute atomic E-state index is 0.0959. The zero-order chi connectivity index (χ0) is 13.0. The Hall–Kier alpha value is -0.610. The summed E-state index contributed by atoms with van der Waals surface area (Å²) in [6.07, 6.45) is 1.11.